The van der Waals surface area contributed by atoms with E-state index in [1.165, 1.54) is 0 Å². The minimum absolute atomic E-state index is 0.0273. The molecule has 0 radical (unpaired) electrons. The van der Waals surface area contributed by atoms with E-state index in [0.717, 1.165) is 37.0 Å². The van der Waals surface area contributed by atoms with Crippen molar-refractivity contribution in [2.24, 2.45) is 0 Å². The van der Waals surface area contributed by atoms with Crippen LogP contribution in [0.1, 0.15) is 50.8 Å². The van der Waals surface area contributed by atoms with Crippen molar-refractivity contribution in [3.8, 4) is 0 Å². The molecule has 1 aliphatic heterocycles. The summed E-state index contributed by atoms with van der Waals surface area (Å²) >= 11 is 1.63. The third-order valence-electron chi connectivity index (χ3n) is 4.84. The maximum atomic E-state index is 13.1. The van der Waals surface area contributed by atoms with Crippen LogP contribution in [0.4, 0.5) is 0 Å². The molecule has 2 fully saturated rings. The van der Waals surface area contributed by atoms with Crippen LogP contribution < -0.4 is 5.32 Å². The van der Waals surface area contributed by atoms with Crippen LogP contribution in [0, 0.1) is 0 Å². The predicted octanol–water partition coefficient (Wildman–Crippen LogP) is 2.69. The molecule has 1 aromatic rings. The Hall–Kier alpha value is -1.36. The van der Waals surface area contributed by atoms with E-state index in [4.69, 9.17) is 0 Å². The van der Waals surface area contributed by atoms with Gasteiger partial charge in [0.15, 0.2) is 0 Å². The summed E-state index contributed by atoms with van der Waals surface area (Å²) in [4.78, 5) is 28.6. The third-order valence-corrected chi connectivity index (χ3v) is 5.70. The minimum atomic E-state index is -0.788. The topological polar surface area (TPSA) is 49.4 Å². The molecule has 1 N–H and O–H groups in total. The summed E-state index contributed by atoms with van der Waals surface area (Å²) in [6.45, 7) is 4.20. The molecule has 2 aliphatic rings. The monoisotopic (exact) mass is 306 g/mol. The molecule has 21 heavy (non-hydrogen) atoms. The lowest BCUT2D eigenvalue weighted by atomic mass is 9.76. The Morgan fingerprint density at radius 1 is 1.24 bits per heavy atom. The second-order valence-electron chi connectivity index (χ2n) is 6.63. The summed E-state index contributed by atoms with van der Waals surface area (Å²) in [5.74, 6) is 0.0701. The van der Waals surface area contributed by atoms with Crippen LogP contribution in [0.15, 0.2) is 17.5 Å². The number of rotatable bonds is 2. The first kappa shape index (κ1) is 14.6. The quantitative estimate of drug-likeness (QED) is 0.913. The molecular formula is C16H22N2O2S. The zero-order valence-electron chi connectivity index (χ0n) is 12.6. The fourth-order valence-corrected chi connectivity index (χ4v) is 4.07. The van der Waals surface area contributed by atoms with Crippen LogP contribution in [0.5, 0.6) is 0 Å². The highest BCUT2D eigenvalue weighted by Crippen LogP contribution is 2.37. The molecule has 3 rings (SSSR count). The number of piperazine rings is 1. The molecular weight excluding hydrogens is 284 g/mol. The summed E-state index contributed by atoms with van der Waals surface area (Å²) in [6.07, 6.45) is 4.72. The zero-order chi connectivity index (χ0) is 15.1. The summed E-state index contributed by atoms with van der Waals surface area (Å²) < 4.78 is 0. The van der Waals surface area contributed by atoms with Crippen molar-refractivity contribution in [1.29, 1.82) is 0 Å². The lowest BCUT2D eigenvalue weighted by Crippen LogP contribution is -2.74. The fraction of sp³-hybridized carbons (Fsp3) is 0.625. The molecule has 1 aromatic heterocycles. The lowest BCUT2D eigenvalue weighted by Gasteiger charge is -2.51. The van der Waals surface area contributed by atoms with Crippen LogP contribution >= 0.6 is 11.3 Å². The second kappa shape index (κ2) is 5.13. The van der Waals surface area contributed by atoms with E-state index < -0.39 is 11.1 Å². The van der Waals surface area contributed by atoms with Gasteiger partial charge in [-0.05, 0) is 38.1 Å². The number of amides is 2. The first-order chi connectivity index (χ1) is 9.96. The molecule has 2 heterocycles. The number of nitrogens with zero attached hydrogens (tertiary/aromatic N) is 1. The SMILES string of the molecule is CC1(C)C(=O)NC2(CCCCC2)C(=O)N1Cc1cccs1. The van der Waals surface area contributed by atoms with Gasteiger partial charge in [0.25, 0.3) is 0 Å². The average Bonchev–Trinajstić information content (AvgIpc) is 2.96. The molecule has 0 bridgehead atoms. The maximum Gasteiger partial charge on any atom is 0.249 e. The van der Waals surface area contributed by atoms with Gasteiger partial charge in [0, 0.05) is 4.88 Å². The predicted molar refractivity (Wildman–Crippen MR) is 82.9 cm³/mol. The Kier molecular flexibility index (Phi) is 3.56. The van der Waals surface area contributed by atoms with Crippen molar-refractivity contribution in [2.45, 2.75) is 63.6 Å². The number of hydrogen-bond donors (Lipinski definition) is 1. The molecule has 5 heteroatoms. The smallest absolute Gasteiger partial charge is 0.249 e. The average molecular weight is 306 g/mol. The zero-order valence-corrected chi connectivity index (χ0v) is 13.5. The molecule has 1 saturated heterocycles. The van der Waals surface area contributed by atoms with E-state index in [0.29, 0.717) is 6.54 Å². The van der Waals surface area contributed by atoms with Crippen LogP contribution in [0.25, 0.3) is 0 Å². The molecule has 0 unspecified atom stereocenters. The van der Waals surface area contributed by atoms with E-state index >= 15 is 0 Å². The van der Waals surface area contributed by atoms with Crippen LogP contribution in [0.2, 0.25) is 0 Å². The van der Waals surface area contributed by atoms with Gasteiger partial charge in [0.2, 0.25) is 11.8 Å². The Morgan fingerprint density at radius 2 is 1.95 bits per heavy atom. The first-order valence-electron chi connectivity index (χ1n) is 7.63. The number of thiophene rings is 1. The van der Waals surface area contributed by atoms with Gasteiger partial charge in [-0.25, -0.2) is 0 Å². The molecule has 1 saturated carbocycles. The molecule has 114 valence electrons. The summed E-state index contributed by atoms with van der Waals surface area (Å²) in [5, 5.41) is 5.06. The van der Waals surface area contributed by atoms with Crippen LogP contribution in [-0.4, -0.2) is 27.8 Å². The van der Waals surface area contributed by atoms with Crippen molar-refractivity contribution in [1.82, 2.24) is 10.2 Å². The Balaban J connectivity index is 1.93. The Morgan fingerprint density at radius 3 is 2.57 bits per heavy atom. The van der Waals surface area contributed by atoms with Gasteiger partial charge in [-0.1, -0.05) is 25.3 Å². The van der Waals surface area contributed by atoms with Crippen molar-refractivity contribution < 1.29 is 9.59 Å². The standard InChI is InChI=1S/C16H22N2O2S/c1-15(2)13(19)17-16(8-4-3-5-9-16)14(20)18(15)11-12-7-6-10-21-12/h6-7,10H,3-5,8-9,11H2,1-2H3,(H,17,19). The molecule has 1 spiro atoms. The van der Waals surface area contributed by atoms with E-state index in [1.54, 1.807) is 16.2 Å². The minimum Gasteiger partial charge on any atom is -0.340 e. The van der Waals surface area contributed by atoms with E-state index in [9.17, 15) is 9.59 Å². The van der Waals surface area contributed by atoms with E-state index in [2.05, 4.69) is 5.32 Å². The fourth-order valence-electron chi connectivity index (χ4n) is 3.38. The van der Waals surface area contributed by atoms with Crippen molar-refractivity contribution in [2.75, 3.05) is 0 Å². The van der Waals surface area contributed by atoms with Crippen molar-refractivity contribution >= 4 is 23.2 Å². The first-order valence-corrected chi connectivity index (χ1v) is 8.51. The molecule has 1 aliphatic carbocycles. The van der Waals surface area contributed by atoms with Crippen LogP contribution in [0.3, 0.4) is 0 Å². The van der Waals surface area contributed by atoms with Gasteiger partial charge in [-0.2, -0.15) is 0 Å². The van der Waals surface area contributed by atoms with Crippen molar-refractivity contribution in [3.05, 3.63) is 22.4 Å². The highest BCUT2D eigenvalue weighted by molar-refractivity contribution is 7.09. The van der Waals surface area contributed by atoms with Gasteiger partial charge < -0.3 is 10.2 Å². The van der Waals surface area contributed by atoms with Crippen molar-refractivity contribution in [3.63, 3.8) is 0 Å². The lowest BCUT2D eigenvalue weighted by molar-refractivity contribution is -0.163. The van der Waals surface area contributed by atoms with Gasteiger partial charge in [-0.3, -0.25) is 9.59 Å². The molecule has 4 nitrogen and oxygen atoms in total. The van der Waals surface area contributed by atoms with Gasteiger partial charge in [0.05, 0.1) is 6.54 Å². The Bertz CT molecular complexity index is 545. The third kappa shape index (κ3) is 2.37. The molecule has 2 amide bonds. The number of hydrogen-bond acceptors (Lipinski definition) is 3. The number of nitrogens with one attached hydrogen (secondary N) is 1. The summed E-state index contributed by atoms with van der Waals surface area (Å²) in [5.41, 5.74) is -1.44. The van der Waals surface area contributed by atoms with Crippen LogP contribution in [-0.2, 0) is 16.1 Å². The van der Waals surface area contributed by atoms with Gasteiger partial charge in [0.1, 0.15) is 11.1 Å². The number of carbonyl (C=O) groups excluding carboxylic acids is 2. The largest absolute Gasteiger partial charge is 0.340 e. The maximum absolute atomic E-state index is 13.1. The molecule has 0 atom stereocenters. The highest BCUT2D eigenvalue weighted by Gasteiger charge is 2.54. The van der Waals surface area contributed by atoms with E-state index in [1.807, 2.05) is 31.4 Å². The van der Waals surface area contributed by atoms with Gasteiger partial charge >= 0.3 is 0 Å². The molecule has 0 aromatic carbocycles. The summed E-state index contributed by atoms with van der Waals surface area (Å²) in [7, 11) is 0. The normalized spacial score (nSPS) is 24.2. The summed E-state index contributed by atoms with van der Waals surface area (Å²) in [6, 6.07) is 4.01. The van der Waals surface area contributed by atoms with E-state index in [-0.39, 0.29) is 11.8 Å². The second-order valence-corrected chi connectivity index (χ2v) is 7.66. The Labute approximate surface area is 129 Å². The highest BCUT2D eigenvalue weighted by atomic mass is 32.1. The van der Waals surface area contributed by atoms with Gasteiger partial charge in [-0.15, -0.1) is 11.3 Å². The number of carbonyl (C=O) groups is 2.